The summed E-state index contributed by atoms with van der Waals surface area (Å²) >= 11 is 6.20. The van der Waals surface area contributed by atoms with Gasteiger partial charge in [-0.15, -0.1) is 0 Å². The highest BCUT2D eigenvalue weighted by molar-refractivity contribution is 7.85. The number of carbonyl (C=O) groups excluding carboxylic acids is 2. The fraction of sp³-hybridized carbons (Fsp3) is 0.259. The summed E-state index contributed by atoms with van der Waals surface area (Å²) in [4.78, 5) is 33.4. The van der Waals surface area contributed by atoms with Crippen molar-refractivity contribution in [3.63, 3.8) is 0 Å². The van der Waals surface area contributed by atoms with Crippen LogP contribution in [-0.4, -0.2) is 53.6 Å². The monoisotopic (exact) mass is 507 g/mol. The molecule has 35 heavy (non-hydrogen) atoms. The number of nitrogens with zero attached hydrogens (tertiary/aromatic N) is 3. The van der Waals surface area contributed by atoms with Gasteiger partial charge in [0.1, 0.15) is 0 Å². The molecule has 180 valence electrons. The molecule has 8 heteroatoms. The van der Waals surface area contributed by atoms with Gasteiger partial charge in [-0.1, -0.05) is 29.8 Å². The normalized spacial score (nSPS) is 17.6. The highest BCUT2D eigenvalue weighted by atomic mass is 35.5. The molecule has 1 atom stereocenters. The Hall–Kier alpha value is -3.16. The molecule has 2 aliphatic rings. The van der Waals surface area contributed by atoms with Gasteiger partial charge in [-0.3, -0.25) is 9.59 Å². The lowest BCUT2D eigenvalue weighted by atomic mass is 10.1. The van der Waals surface area contributed by atoms with Crippen molar-refractivity contribution in [3.05, 3.63) is 82.4 Å². The Balaban J connectivity index is 1.40. The van der Waals surface area contributed by atoms with Crippen molar-refractivity contribution < 1.29 is 13.8 Å². The van der Waals surface area contributed by atoms with Gasteiger partial charge in [0.2, 0.25) is 0 Å². The molecule has 2 aliphatic heterocycles. The molecular formula is C27H26ClN3O3S. The second kappa shape index (κ2) is 9.47. The molecule has 1 fully saturated rings. The fourth-order valence-corrected chi connectivity index (χ4v) is 6.28. The Morgan fingerprint density at radius 1 is 0.943 bits per heavy atom. The largest absolute Gasteiger partial charge is 0.368 e. The van der Waals surface area contributed by atoms with E-state index in [-0.39, 0.29) is 11.8 Å². The van der Waals surface area contributed by atoms with Crippen LogP contribution in [0.5, 0.6) is 0 Å². The van der Waals surface area contributed by atoms with Crippen molar-refractivity contribution in [3.8, 4) is 0 Å². The molecule has 0 spiro atoms. The van der Waals surface area contributed by atoms with Crippen molar-refractivity contribution in [1.82, 2.24) is 4.90 Å². The maximum atomic E-state index is 13.4. The Labute approximate surface area is 212 Å². The summed E-state index contributed by atoms with van der Waals surface area (Å²) in [5, 5.41) is 0.698. The second-order valence-corrected chi connectivity index (χ2v) is 10.6. The standard InChI is InChI=1S/C27H26ClN3O3S/c1-3-31-23-16-19(9-11-25(23)35(34)24-7-5-4-6-21(24)27(31)33)26(32)30-14-12-29(13-15-30)22-17-20(28)10-8-18(22)2/h4-11,16-17H,3,12-15H2,1-2H3/t35-/m1/s1. The molecule has 3 aromatic carbocycles. The van der Waals surface area contributed by atoms with Crippen LogP contribution < -0.4 is 9.80 Å². The number of anilines is 2. The number of rotatable bonds is 3. The molecule has 0 saturated carbocycles. The summed E-state index contributed by atoms with van der Waals surface area (Å²) in [5.74, 6) is -0.295. The first kappa shape index (κ1) is 23.6. The van der Waals surface area contributed by atoms with E-state index in [0.29, 0.717) is 64.4 Å². The summed E-state index contributed by atoms with van der Waals surface area (Å²) in [7, 11) is -1.51. The summed E-state index contributed by atoms with van der Waals surface area (Å²) in [5.41, 5.74) is 3.70. The first-order chi connectivity index (χ1) is 16.9. The van der Waals surface area contributed by atoms with Crippen molar-refractivity contribution >= 4 is 45.6 Å². The minimum Gasteiger partial charge on any atom is -0.368 e. The zero-order chi connectivity index (χ0) is 24.7. The second-order valence-electron chi connectivity index (χ2n) is 8.71. The fourth-order valence-electron chi connectivity index (χ4n) is 4.77. The first-order valence-corrected chi connectivity index (χ1v) is 13.2. The maximum Gasteiger partial charge on any atom is 0.259 e. The zero-order valence-corrected chi connectivity index (χ0v) is 21.2. The van der Waals surface area contributed by atoms with Crippen molar-refractivity contribution in [2.75, 3.05) is 42.5 Å². The molecule has 3 aromatic rings. The average Bonchev–Trinajstić information content (AvgIpc) is 2.97. The van der Waals surface area contributed by atoms with Crippen LogP contribution in [0.2, 0.25) is 5.02 Å². The van der Waals surface area contributed by atoms with Crippen LogP contribution in [0.25, 0.3) is 0 Å². The van der Waals surface area contributed by atoms with Gasteiger partial charge in [0.25, 0.3) is 11.8 Å². The smallest absolute Gasteiger partial charge is 0.259 e. The predicted molar refractivity (Wildman–Crippen MR) is 139 cm³/mol. The van der Waals surface area contributed by atoms with Crippen molar-refractivity contribution in [2.24, 2.45) is 0 Å². The van der Waals surface area contributed by atoms with Gasteiger partial charge >= 0.3 is 0 Å². The van der Waals surface area contributed by atoms with Gasteiger partial charge in [-0.2, -0.15) is 0 Å². The Kier molecular flexibility index (Phi) is 6.38. The van der Waals surface area contributed by atoms with Crippen LogP contribution in [-0.2, 0) is 10.8 Å². The summed E-state index contributed by atoms with van der Waals surface area (Å²) in [6.45, 7) is 6.91. The number of hydrogen-bond donors (Lipinski definition) is 0. The Morgan fingerprint density at radius 3 is 2.43 bits per heavy atom. The number of piperazine rings is 1. The third kappa shape index (κ3) is 4.23. The van der Waals surface area contributed by atoms with Crippen LogP contribution >= 0.6 is 11.6 Å². The summed E-state index contributed by atoms with van der Waals surface area (Å²) in [6.07, 6.45) is 0. The van der Waals surface area contributed by atoms with Gasteiger partial charge in [0.05, 0.1) is 31.8 Å². The van der Waals surface area contributed by atoms with E-state index in [1.807, 2.05) is 30.0 Å². The minimum absolute atomic E-state index is 0.0914. The molecule has 1 saturated heterocycles. The molecule has 0 unspecified atom stereocenters. The van der Waals surface area contributed by atoms with Crippen molar-refractivity contribution in [2.45, 2.75) is 23.6 Å². The van der Waals surface area contributed by atoms with Gasteiger partial charge < -0.3 is 14.7 Å². The zero-order valence-electron chi connectivity index (χ0n) is 19.7. The van der Waals surface area contributed by atoms with Crippen LogP contribution in [0, 0.1) is 6.92 Å². The number of hydrogen-bond acceptors (Lipinski definition) is 4. The van der Waals surface area contributed by atoms with Crippen LogP contribution in [0.1, 0.15) is 33.2 Å². The van der Waals surface area contributed by atoms with Crippen molar-refractivity contribution in [1.29, 1.82) is 0 Å². The molecule has 5 rings (SSSR count). The molecule has 0 N–H and O–H groups in total. The third-order valence-corrected chi connectivity index (χ3v) is 8.39. The van der Waals surface area contributed by atoms with E-state index in [1.165, 1.54) is 0 Å². The quantitative estimate of drug-likeness (QED) is 0.513. The highest BCUT2D eigenvalue weighted by Gasteiger charge is 2.31. The van der Waals surface area contributed by atoms with E-state index >= 15 is 0 Å². The van der Waals surface area contributed by atoms with Gasteiger partial charge in [-0.25, -0.2) is 4.21 Å². The first-order valence-electron chi connectivity index (χ1n) is 11.7. The van der Waals surface area contributed by atoms with Gasteiger partial charge in [0.15, 0.2) is 0 Å². The lowest BCUT2D eigenvalue weighted by molar-refractivity contribution is 0.0746. The Bertz CT molecular complexity index is 1350. The van der Waals surface area contributed by atoms with E-state index in [9.17, 15) is 13.8 Å². The number of halogens is 1. The SMILES string of the molecule is CCN1C(=O)c2ccccc2[S@@](=O)c2ccc(C(=O)N3CCN(c4cc(Cl)ccc4C)CC3)cc21. The number of benzene rings is 3. The lowest BCUT2D eigenvalue weighted by Gasteiger charge is -2.37. The number of carbonyl (C=O) groups is 2. The molecule has 0 bridgehead atoms. The molecule has 2 heterocycles. The Morgan fingerprint density at radius 2 is 1.69 bits per heavy atom. The topological polar surface area (TPSA) is 60.9 Å². The lowest BCUT2D eigenvalue weighted by Crippen LogP contribution is -2.49. The molecule has 0 radical (unpaired) electrons. The molecule has 6 nitrogen and oxygen atoms in total. The van der Waals surface area contributed by atoms with E-state index in [2.05, 4.69) is 11.8 Å². The highest BCUT2D eigenvalue weighted by Crippen LogP contribution is 2.35. The van der Waals surface area contributed by atoms with E-state index in [4.69, 9.17) is 11.6 Å². The number of fused-ring (bicyclic) bond motifs is 2. The number of amides is 2. The average molecular weight is 508 g/mol. The summed E-state index contributed by atoms with van der Waals surface area (Å²) in [6, 6.07) is 18.0. The molecular weight excluding hydrogens is 482 g/mol. The van der Waals surface area contributed by atoms with E-state index in [1.54, 1.807) is 47.4 Å². The van der Waals surface area contributed by atoms with Gasteiger partial charge in [-0.05, 0) is 61.9 Å². The van der Waals surface area contributed by atoms with E-state index < -0.39 is 10.8 Å². The molecule has 2 amide bonds. The maximum absolute atomic E-state index is 13.4. The minimum atomic E-state index is -1.51. The molecule has 0 aromatic heterocycles. The number of aryl methyl sites for hydroxylation is 1. The third-order valence-electron chi connectivity index (χ3n) is 6.65. The van der Waals surface area contributed by atoms with Crippen LogP contribution in [0.3, 0.4) is 0 Å². The predicted octanol–water partition coefficient (Wildman–Crippen LogP) is 4.76. The molecule has 0 aliphatic carbocycles. The van der Waals surface area contributed by atoms with Crippen LogP contribution in [0.4, 0.5) is 11.4 Å². The van der Waals surface area contributed by atoms with E-state index in [0.717, 1.165) is 11.3 Å². The summed E-state index contributed by atoms with van der Waals surface area (Å²) < 4.78 is 13.4. The van der Waals surface area contributed by atoms with Gasteiger partial charge in [0, 0.05) is 49.0 Å². The van der Waals surface area contributed by atoms with Crippen LogP contribution in [0.15, 0.2) is 70.5 Å².